The smallest absolute Gasteiger partial charge is 0.234 e. The number of thioether (sulfide) groups is 1. The first-order valence-corrected chi connectivity index (χ1v) is 10.9. The molecule has 0 aliphatic rings. The van der Waals surface area contributed by atoms with Crippen LogP contribution in [0.3, 0.4) is 0 Å². The fourth-order valence-electron chi connectivity index (χ4n) is 3.25. The summed E-state index contributed by atoms with van der Waals surface area (Å²) >= 11 is 1.37. The van der Waals surface area contributed by atoms with Crippen molar-refractivity contribution in [3.05, 3.63) is 72.8 Å². The van der Waals surface area contributed by atoms with Gasteiger partial charge in [-0.15, -0.1) is 0 Å². The number of nitrogens with zero attached hydrogens (tertiary/aromatic N) is 2. The van der Waals surface area contributed by atoms with E-state index in [1.807, 2.05) is 53.1 Å². The molecule has 3 aromatic carbocycles. The second kappa shape index (κ2) is 9.57. The Kier molecular flexibility index (Phi) is 6.42. The largest absolute Gasteiger partial charge is 0.497 e. The van der Waals surface area contributed by atoms with Crippen molar-refractivity contribution in [3.8, 4) is 11.4 Å². The van der Waals surface area contributed by atoms with Crippen LogP contribution in [0.15, 0.2) is 78.0 Å². The highest BCUT2D eigenvalue weighted by Crippen LogP contribution is 2.29. The van der Waals surface area contributed by atoms with Crippen molar-refractivity contribution in [3.63, 3.8) is 0 Å². The minimum absolute atomic E-state index is 0.141. The molecule has 7 nitrogen and oxygen atoms in total. The summed E-state index contributed by atoms with van der Waals surface area (Å²) in [6.07, 6.45) is 0. The molecular formula is C24H22N4O3S. The maximum Gasteiger partial charge on any atom is 0.234 e. The summed E-state index contributed by atoms with van der Waals surface area (Å²) in [6.45, 7) is 1.45. The summed E-state index contributed by atoms with van der Waals surface area (Å²) in [7, 11) is 1.63. The third-order valence-electron chi connectivity index (χ3n) is 4.68. The van der Waals surface area contributed by atoms with Crippen LogP contribution in [0.25, 0.3) is 16.7 Å². The number of carbonyl (C=O) groups excluding carboxylic acids is 2. The van der Waals surface area contributed by atoms with E-state index in [2.05, 4.69) is 10.6 Å². The van der Waals surface area contributed by atoms with Crippen molar-refractivity contribution in [2.45, 2.75) is 12.1 Å². The average molecular weight is 447 g/mol. The number of anilines is 2. The van der Waals surface area contributed by atoms with Crippen LogP contribution in [0.2, 0.25) is 0 Å². The zero-order valence-corrected chi connectivity index (χ0v) is 18.5. The van der Waals surface area contributed by atoms with Gasteiger partial charge in [0, 0.05) is 24.0 Å². The second-order valence-corrected chi connectivity index (χ2v) is 7.95. The van der Waals surface area contributed by atoms with Gasteiger partial charge >= 0.3 is 0 Å². The number of hydrogen-bond acceptors (Lipinski definition) is 5. The molecule has 0 atom stereocenters. The van der Waals surface area contributed by atoms with Gasteiger partial charge in [0.2, 0.25) is 11.8 Å². The summed E-state index contributed by atoms with van der Waals surface area (Å²) in [5, 5.41) is 6.30. The standard InChI is InChI=1S/C24H22N4O3S/c1-16(29)25-17-7-9-18(10-8-17)26-23(30)15-32-24-27-21-5-3-4-6-22(21)28(24)19-11-13-20(31-2)14-12-19/h3-14H,15H2,1-2H3,(H,25,29)(H,26,30). The number of hydrogen-bond donors (Lipinski definition) is 2. The number of methoxy groups -OCH3 is 1. The van der Waals surface area contributed by atoms with E-state index in [0.29, 0.717) is 11.4 Å². The maximum atomic E-state index is 12.5. The van der Waals surface area contributed by atoms with Gasteiger partial charge in [-0.3, -0.25) is 14.2 Å². The number of para-hydroxylation sites is 2. The van der Waals surface area contributed by atoms with Gasteiger partial charge in [0.1, 0.15) is 5.75 Å². The lowest BCUT2D eigenvalue weighted by atomic mass is 10.2. The number of aromatic nitrogens is 2. The zero-order chi connectivity index (χ0) is 22.5. The Morgan fingerprint density at radius 3 is 2.25 bits per heavy atom. The van der Waals surface area contributed by atoms with Gasteiger partial charge in [-0.05, 0) is 60.7 Å². The van der Waals surface area contributed by atoms with E-state index < -0.39 is 0 Å². The predicted molar refractivity (Wildman–Crippen MR) is 128 cm³/mol. The molecule has 4 aromatic rings. The highest BCUT2D eigenvalue weighted by atomic mass is 32.2. The fraction of sp³-hybridized carbons (Fsp3) is 0.125. The summed E-state index contributed by atoms with van der Waals surface area (Å²) < 4.78 is 7.30. The third kappa shape index (κ3) is 4.92. The molecule has 0 radical (unpaired) electrons. The molecular weight excluding hydrogens is 424 g/mol. The quantitative estimate of drug-likeness (QED) is 0.401. The highest BCUT2D eigenvalue weighted by molar-refractivity contribution is 7.99. The minimum atomic E-state index is -0.143. The fourth-order valence-corrected chi connectivity index (χ4v) is 4.08. The Balaban J connectivity index is 1.50. The van der Waals surface area contributed by atoms with E-state index >= 15 is 0 Å². The van der Waals surface area contributed by atoms with Crippen LogP contribution >= 0.6 is 11.8 Å². The van der Waals surface area contributed by atoms with Crippen molar-refractivity contribution in [2.75, 3.05) is 23.5 Å². The first-order valence-electron chi connectivity index (χ1n) is 9.96. The summed E-state index contributed by atoms with van der Waals surface area (Å²) in [5.41, 5.74) is 4.11. The topological polar surface area (TPSA) is 85.2 Å². The maximum absolute atomic E-state index is 12.5. The Labute approximate surface area is 189 Å². The van der Waals surface area contributed by atoms with E-state index in [1.54, 1.807) is 31.4 Å². The van der Waals surface area contributed by atoms with Crippen LogP contribution < -0.4 is 15.4 Å². The van der Waals surface area contributed by atoms with E-state index in [0.717, 1.165) is 27.6 Å². The molecule has 0 fully saturated rings. The molecule has 0 aliphatic carbocycles. The first kappa shape index (κ1) is 21.5. The van der Waals surface area contributed by atoms with Gasteiger partial charge in [-0.1, -0.05) is 23.9 Å². The number of ether oxygens (including phenoxy) is 1. The molecule has 1 aromatic heterocycles. The van der Waals surface area contributed by atoms with Gasteiger partial charge < -0.3 is 15.4 Å². The number of amides is 2. The zero-order valence-electron chi connectivity index (χ0n) is 17.7. The SMILES string of the molecule is COc1ccc(-n2c(SCC(=O)Nc3ccc(NC(C)=O)cc3)nc3ccccc32)cc1. The summed E-state index contributed by atoms with van der Waals surface area (Å²) in [4.78, 5) is 28.4. The molecule has 0 bridgehead atoms. The molecule has 2 amide bonds. The van der Waals surface area contributed by atoms with Crippen molar-refractivity contribution >= 4 is 46.0 Å². The van der Waals surface area contributed by atoms with Gasteiger partial charge in [0.15, 0.2) is 5.16 Å². The van der Waals surface area contributed by atoms with Crippen molar-refractivity contribution in [1.82, 2.24) is 9.55 Å². The molecule has 0 unspecified atom stereocenters. The van der Waals surface area contributed by atoms with Crippen molar-refractivity contribution < 1.29 is 14.3 Å². The van der Waals surface area contributed by atoms with Gasteiger partial charge in [-0.2, -0.15) is 0 Å². The summed E-state index contributed by atoms with van der Waals surface area (Å²) in [6, 6.07) is 22.6. The molecule has 0 aliphatic heterocycles. The van der Waals surface area contributed by atoms with Crippen LogP contribution in [0.5, 0.6) is 5.75 Å². The van der Waals surface area contributed by atoms with Gasteiger partial charge in [0.05, 0.1) is 23.9 Å². The Hall–Kier alpha value is -3.78. The van der Waals surface area contributed by atoms with E-state index in [1.165, 1.54) is 18.7 Å². The Bertz CT molecular complexity index is 1250. The summed E-state index contributed by atoms with van der Waals surface area (Å²) in [5.74, 6) is 0.692. The molecule has 1 heterocycles. The molecule has 0 saturated carbocycles. The average Bonchev–Trinajstić information content (AvgIpc) is 3.17. The van der Waals surface area contributed by atoms with E-state index in [-0.39, 0.29) is 17.6 Å². The van der Waals surface area contributed by atoms with Crippen molar-refractivity contribution in [1.29, 1.82) is 0 Å². The number of rotatable bonds is 7. The number of nitrogens with one attached hydrogen (secondary N) is 2. The van der Waals surface area contributed by atoms with Crippen LogP contribution in [0.4, 0.5) is 11.4 Å². The van der Waals surface area contributed by atoms with E-state index in [4.69, 9.17) is 9.72 Å². The Morgan fingerprint density at radius 2 is 1.59 bits per heavy atom. The minimum Gasteiger partial charge on any atom is -0.497 e. The monoisotopic (exact) mass is 446 g/mol. The molecule has 162 valence electrons. The van der Waals surface area contributed by atoms with Gasteiger partial charge in [-0.25, -0.2) is 4.98 Å². The molecule has 2 N–H and O–H groups in total. The number of imidazole rings is 1. The van der Waals surface area contributed by atoms with Crippen molar-refractivity contribution in [2.24, 2.45) is 0 Å². The predicted octanol–water partition coefficient (Wildman–Crippen LogP) is 4.72. The third-order valence-corrected chi connectivity index (χ3v) is 5.62. The lowest BCUT2D eigenvalue weighted by Crippen LogP contribution is -2.14. The molecule has 8 heteroatoms. The lowest BCUT2D eigenvalue weighted by Gasteiger charge is -2.10. The molecule has 32 heavy (non-hydrogen) atoms. The van der Waals surface area contributed by atoms with Crippen LogP contribution in [-0.2, 0) is 9.59 Å². The Morgan fingerprint density at radius 1 is 0.938 bits per heavy atom. The normalized spacial score (nSPS) is 10.7. The highest BCUT2D eigenvalue weighted by Gasteiger charge is 2.15. The number of benzene rings is 3. The second-order valence-electron chi connectivity index (χ2n) is 7.01. The van der Waals surface area contributed by atoms with Gasteiger partial charge in [0.25, 0.3) is 0 Å². The molecule has 4 rings (SSSR count). The molecule has 0 spiro atoms. The van der Waals surface area contributed by atoms with Crippen LogP contribution in [-0.4, -0.2) is 34.2 Å². The molecule has 0 saturated heterocycles. The number of fused-ring (bicyclic) bond motifs is 1. The number of carbonyl (C=O) groups is 2. The van der Waals surface area contributed by atoms with E-state index in [9.17, 15) is 9.59 Å². The lowest BCUT2D eigenvalue weighted by molar-refractivity contribution is -0.114. The first-order chi connectivity index (χ1) is 15.5. The van der Waals surface area contributed by atoms with Crippen LogP contribution in [0, 0.1) is 0 Å². The van der Waals surface area contributed by atoms with Crippen LogP contribution in [0.1, 0.15) is 6.92 Å².